The van der Waals surface area contributed by atoms with Crippen LogP contribution in [0.2, 0.25) is 10.0 Å². The molecule has 0 radical (unpaired) electrons. The predicted molar refractivity (Wildman–Crippen MR) is 96.7 cm³/mol. The van der Waals surface area contributed by atoms with E-state index in [0.717, 1.165) is 18.7 Å². The first kappa shape index (κ1) is 17.9. The quantitative estimate of drug-likeness (QED) is 0.862. The summed E-state index contributed by atoms with van der Waals surface area (Å²) >= 11 is 12.0. The van der Waals surface area contributed by atoms with Crippen LogP contribution in [-0.2, 0) is 11.4 Å². The molecule has 1 aliphatic heterocycles. The molecule has 0 unspecified atom stereocenters. The molecule has 0 aromatic heterocycles. The molecule has 2 aromatic rings. The van der Waals surface area contributed by atoms with Crippen LogP contribution >= 0.6 is 35.6 Å². The van der Waals surface area contributed by atoms with Crippen molar-refractivity contribution in [3.8, 4) is 0 Å². The highest BCUT2D eigenvalue weighted by molar-refractivity contribution is 6.36. The van der Waals surface area contributed by atoms with Gasteiger partial charge in [-0.3, -0.25) is 4.84 Å². The van der Waals surface area contributed by atoms with Crippen molar-refractivity contribution in [2.24, 2.45) is 4.99 Å². The van der Waals surface area contributed by atoms with Gasteiger partial charge in [0.1, 0.15) is 6.61 Å². The summed E-state index contributed by atoms with van der Waals surface area (Å²) in [7, 11) is 0. The van der Waals surface area contributed by atoms with E-state index in [1.54, 1.807) is 23.3 Å². The van der Waals surface area contributed by atoms with Crippen LogP contribution in [0.25, 0.3) is 0 Å². The topological polar surface area (TPSA) is 36.9 Å². The lowest BCUT2D eigenvalue weighted by Gasteiger charge is -2.17. The summed E-state index contributed by atoms with van der Waals surface area (Å²) in [5.41, 5.74) is 1.77. The van der Waals surface area contributed by atoms with Crippen molar-refractivity contribution in [1.82, 2.24) is 10.4 Å². The summed E-state index contributed by atoms with van der Waals surface area (Å²) in [6, 6.07) is 15.2. The number of rotatable bonds is 4. The zero-order chi connectivity index (χ0) is 15.4. The molecule has 0 aliphatic carbocycles. The van der Waals surface area contributed by atoms with Gasteiger partial charge in [0.25, 0.3) is 0 Å². The SMILES string of the molecule is Cl.Clc1ccc(/N=C2\NCCN2OCc2ccccc2)c(Cl)c1. The summed E-state index contributed by atoms with van der Waals surface area (Å²) in [4.78, 5) is 10.3. The number of aliphatic imine (C=N–C) groups is 1. The summed E-state index contributed by atoms with van der Waals surface area (Å²) < 4.78 is 0. The van der Waals surface area contributed by atoms with E-state index in [-0.39, 0.29) is 12.4 Å². The number of guanidine groups is 1. The van der Waals surface area contributed by atoms with Gasteiger partial charge in [0.05, 0.1) is 17.3 Å². The average Bonchev–Trinajstić information content (AvgIpc) is 2.96. The summed E-state index contributed by atoms with van der Waals surface area (Å²) in [5.74, 6) is 0.653. The van der Waals surface area contributed by atoms with E-state index in [2.05, 4.69) is 10.3 Å². The maximum absolute atomic E-state index is 6.15. The summed E-state index contributed by atoms with van der Waals surface area (Å²) in [6.45, 7) is 2.01. The highest BCUT2D eigenvalue weighted by Gasteiger charge is 2.19. The molecular formula is C16H16Cl3N3O. The Balaban J connectivity index is 0.00000192. The minimum atomic E-state index is 0. The van der Waals surface area contributed by atoms with Gasteiger partial charge < -0.3 is 5.32 Å². The van der Waals surface area contributed by atoms with Crippen LogP contribution in [0.4, 0.5) is 5.69 Å². The van der Waals surface area contributed by atoms with Gasteiger partial charge in [-0.2, -0.15) is 0 Å². The molecule has 0 atom stereocenters. The lowest BCUT2D eigenvalue weighted by atomic mass is 10.2. The van der Waals surface area contributed by atoms with Crippen molar-refractivity contribution in [2.45, 2.75) is 6.61 Å². The van der Waals surface area contributed by atoms with Crippen LogP contribution in [0, 0.1) is 0 Å². The minimum Gasteiger partial charge on any atom is -0.352 e. The fraction of sp³-hybridized carbons (Fsp3) is 0.188. The molecule has 1 saturated heterocycles. The second-order valence-electron chi connectivity index (χ2n) is 4.82. The van der Waals surface area contributed by atoms with Crippen LogP contribution in [0.1, 0.15) is 5.56 Å². The third-order valence-electron chi connectivity index (χ3n) is 3.20. The lowest BCUT2D eigenvalue weighted by Crippen LogP contribution is -2.30. The Morgan fingerprint density at radius 1 is 1.13 bits per heavy atom. The molecule has 0 spiro atoms. The van der Waals surface area contributed by atoms with Crippen molar-refractivity contribution < 1.29 is 4.84 Å². The van der Waals surface area contributed by atoms with Crippen molar-refractivity contribution >= 4 is 47.3 Å². The number of hydrogen-bond donors (Lipinski definition) is 1. The second kappa shape index (κ2) is 8.41. The minimum absolute atomic E-state index is 0. The second-order valence-corrected chi connectivity index (χ2v) is 5.66. The van der Waals surface area contributed by atoms with E-state index >= 15 is 0 Å². The molecule has 7 heteroatoms. The molecule has 23 heavy (non-hydrogen) atoms. The molecule has 1 aliphatic rings. The van der Waals surface area contributed by atoms with Crippen LogP contribution in [0.3, 0.4) is 0 Å². The molecule has 0 bridgehead atoms. The van der Waals surface area contributed by atoms with E-state index < -0.39 is 0 Å². The average molecular weight is 373 g/mol. The number of nitrogens with zero attached hydrogens (tertiary/aromatic N) is 2. The number of benzene rings is 2. The molecule has 3 rings (SSSR count). The summed E-state index contributed by atoms with van der Waals surface area (Å²) in [6.07, 6.45) is 0. The Morgan fingerprint density at radius 2 is 1.91 bits per heavy atom. The molecule has 1 fully saturated rings. The first-order chi connectivity index (χ1) is 10.7. The van der Waals surface area contributed by atoms with Crippen molar-refractivity contribution in [3.63, 3.8) is 0 Å². The Bertz CT molecular complexity index is 680. The van der Waals surface area contributed by atoms with Gasteiger partial charge >= 0.3 is 0 Å². The van der Waals surface area contributed by atoms with Crippen molar-refractivity contribution in [2.75, 3.05) is 13.1 Å². The molecule has 1 N–H and O–H groups in total. The number of hydrogen-bond acceptors (Lipinski definition) is 2. The third-order valence-corrected chi connectivity index (χ3v) is 3.74. The molecule has 0 saturated carbocycles. The number of hydroxylamine groups is 2. The fourth-order valence-electron chi connectivity index (χ4n) is 2.10. The lowest BCUT2D eigenvalue weighted by molar-refractivity contribution is -0.102. The highest BCUT2D eigenvalue weighted by Crippen LogP contribution is 2.28. The molecule has 0 amide bonds. The molecule has 122 valence electrons. The van der Waals surface area contributed by atoms with Crippen molar-refractivity contribution in [3.05, 3.63) is 64.1 Å². The summed E-state index contributed by atoms with van der Waals surface area (Å²) in [5, 5.41) is 6.04. The maximum Gasteiger partial charge on any atom is 0.223 e. The smallest absolute Gasteiger partial charge is 0.223 e. The molecule has 2 aromatic carbocycles. The van der Waals surface area contributed by atoms with Gasteiger partial charge in [0.15, 0.2) is 0 Å². The third kappa shape index (κ3) is 4.75. The van der Waals surface area contributed by atoms with Gasteiger partial charge in [-0.15, -0.1) is 12.4 Å². The van der Waals surface area contributed by atoms with Crippen molar-refractivity contribution in [1.29, 1.82) is 0 Å². The van der Waals surface area contributed by atoms with Crippen LogP contribution < -0.4 is 5.32 Å². The van der Waals surface area contributed by atoms with Crippen LogP contribution in [0.15, 0.2) is 53.5 Å². The van der Waals surface area contributed by atoms with Crippen LogP contribution in [-0.4, -0.2) is 24.1 Å². The largest absolute Gasteiger partial charge is 0.352 e. The van der Waals surface area contributed by atoms with E-state index in [9.17, 15) is 0 Å². The molecular weight excluding hydrogens is 357 g/mol. The van der Waals surface area contributed by atoms with Crippen LogP contribution in [0.5, 0.6) is 0 Å². The number of nitrogens with one attached hydrogen (secondary N) is 1. The molecule has 4 nitrogen and oxygen atoms in total. The van der Waals surface area contributed by atoms with Gasteiger partial charge in [0.2, 0.25) is 5.96 Å². The highest BCUT2D eigenvalue weighted by atomic mass is 35.5. The van der Waals surface area contributed by atoms with Gasteiger partial charge in [-0.1, -0.05) is 53.5 Å². The maximum atomic E-state index is 6.15. The Morgan fingerprint density at radius 3 is 2.65 bits per heavy atom. The Hall–Kier alpha value is -1.46. The van der Waals surface area contributed by atoms with E-state index in [0.29, 0.717) is 28.3 Å². The van der Waals surface area contributed by atoms with E-state index in [1.165, 1.54) is 0 Å². The predicted octanol–water partition coefficient (Wildman–Crippen LogP) is 4.44. The normalized spacial score (nSPS) is 15.4. The van der Waals surface area contributed by atoms with Gasteiger partial charge in [0, 0.05) is 11.6 Å². The number of halogens is 3. The Labute approximate surface area is 151 Å². The zero-order valence-electron chi connectivity index (χ0n) is 12.2. The van der Waals surface area contributed by atoms with Gasteiger partial charge in [-0.25, -0.2) is 10.1 Å². The van der Waals surface area contributed by atoms with Gasteiger partial charge in [-0.05, 0) is 23.8 Å². The Kier molecular flexibility index (Phi) is 6.54. The first-order valence-electron chi connectivity index (χ1n) is 6.94. The molecule has 1 heterocycles. The first-order valence-corrected chi connectivity index (χ1v) is 7.70. The standard InChI is InChI=1S/C16H15Cl2N3O.ClH/c17-13-6-7-15(14(18)10-13)20-16-19-8-9-21(16)22-11-12-4-2-1-3-5-12;/h1-7,10H,8-9,11H2,(H,19,20);1H. The zero-order valence-corrected chi connectivity index (χ0v) is 14.5. The van der Waals surface area contributed by atoms with E-state index in [1.807, 2.05) is 30.3 Å². The van der Waals surface area contributed by atoms with E-state index in [4.69, 9.17) is 28.0 Å². The fourth-order valence-corrected chi connectivity index (χ4v) is 2.55. The monoisotopic (exact) mass is 371 g/mol.